The molecule has 0 aliphatic heterocycles. The summed E-state index contributed by atoms with van der Waals surface area (Å²) in [7, 11) is 0. The fraction of sp³-hybridized carbons (Fsp3) is 0.889. The molecule has 0 saturated heterocycles. The smallest absolute Gasteiger partial charge is 0.408 e. The lowest BCUT2D eigenvalue weighted by molar-refractivity contribution is 0.0511. The molecular formula is C9H16N2O2. The summed E-state index contributed by atoms with van der Waals surface area (Å²) >= 11 is 0. The van der Waals surface area contributed by atoms with Gasteiger partial charge in [-0.3, -0.25) is 0 Å². The van der Waals surface area contributed by atoms with E-state index in [9.17, 15) is 4.79 Å². The maximum Gasteiger partial charge on any atom is 0.408 e. The molecule has 13 heavy (non-hydrogen) atoms. The predicted octanol–water partition coefficient (Wildman–Crippen LogP) is 0.755. The molecule has 2 rings (SSSR count). The lowest BCUT2D eigenvalue weighted by Gasteiger charge is -2.20. The molecule has 1 amide bonds. The Morgan fingerprint density at radius 2 is 1.92 bits per heavy atom. The van der Waals surface area contributed by atoms with E-state index in [-0.39, 0.29) is 17.2 Å². The Morgan fingerprint density at radius 1 is 1.46 bits per heavy atom. The zero-order valence-electron chi connectivity index (χ0n) is 8.31. The summed E-state index contributed by atoms with van der Waals surface area (Å²) in [5, 5.41) is 2.82. The third-order valence-corrected chi connectivity index (χ3v) is 2.68. The molecule has 2 aliphatic rings. The van der Waals surface area contributed by atoms with Gasteiger partial charge in [0, 0.05) is 5.54 Å². The monoisotopic (exact) mass is 184 g/mol. The Balaban J connectivity index is 1.81. The first kappa shape index (κ1) is 8.81. The quantitative estimate of drug-likeness (QED) is 0.632. The number of carbonyl (C=O) groups is 1. The minimum Gasteiger partial charge on any atom is -0.444 e. The molecule has 0 unspecified atom stereocenters. The molecular weight excluding hydrogens is 168 g/mol. The fourth-order valence-electron chi connectivity index (χ4n) is 1.65. The molecule has 0 heterocycles. The first-order chi connectivity index (χ1) is 5.77. The lowest BCUT2D eigenvalue weighted by Crippen LogP contribution is -2.37. The fourth-order valence-corrected chi connectivity index (χ4v) is 1.65. The van der Waals surface area contributed by atoms with Crippen LogP contribution in [-0.4, -0.2) is 22.8 Å². The van der Waals surface area contributed by atoms with Crippen LogP contribution in [0, 0.1) is 0 Å². The highest BCUT2D eigenvalue weighted by Crippen LogP contribution is 2.68. The van der Waals surface area contributed by atoms with Gasteiger partial charge in [-0.15, -0.1) is 0 Å². The van der Waals surface area contributed by atoms with Crippen molar-refractivity contribution in [2.75, 3.05) is 0 Å². The van der Waals surface area contributed by atoms with E-state index in [0.717, 1.165) is 12.8 Å². The van der Waals surface area contributed by atoms with Crippen molar-refractivity contribution >= 4 is 6.09 Å². The number of nitrogens with one attached hydrogen (secondary N) is 1. The summed E-state index contributed by atoms with van der Waals surface area (Å²) in [6, 6.07) is 0. The third kappa shape index (κ3) is 1.39. The van der Waals surface area contributed by atoms with E-state index in [2.05, 4.69) is 5.32 Å². The first-order valence-electron chi connectivity index (χ1n) is 4.57. The molecule has 0 spiro atoms. The number of hydrogen-bond acceptors (Lipinski definition) is 3. The lowest BCUT2D eigenvalue weighted by atomic mass is 10.2. The summed E-state index contributed by atoms with van der Waals surface area (Å²) in [6.45, 7) is 5.54. The zero-order valence-corrected chi connectivity index (χ0v) is 8.31. The van der Waals surface area contributed by atoms with E-state index in [0.29, 0.717) is 0 Å². The third-order valence-electron chi connectivity index (χ3n) is 2.68. The SMILES string of the molecule is CC(C)(C)OC(=O)NC12CC1(N)C2. The van der Waals surface area contributed by atoms with Crippen LogP contribution in [0.1, 0.15) is 33.6 Å². The van der Waals surface area contributed by atoms with Crippen LogP contribution >= 0.6 is 0 Å². The van der Waals surface area contributed by atoms with Crippen LogP contribution < -0.4 is 11.1 Å². The van der Waals surface area contributed by atoms with Gasteiger partial charge in [0.2, 0.25) is 0 Å². The highest BCUT2D eigenvalue weighted by atomic mass is 16.6. The maximum atomic E-state index is 11.3. The molecule has 0 aromatic heterocycles. The van der Waals surface area contributed by atoms with Crippen molar-refractivity contribution in [3.8, 4) is 0 Å². The van der Waals surface area contributed by atoms with E-state index in [4.69, 9.17) is 10.5 Å². The van der Waals surface area contributed by atoms with E-state index in [1.54, 1.807) is 0 Å². The Kier molecular flexibility index (Phi) is 1.36. The molecule has 4 nitrogen and oxygen atoms in total. The van der Waals surface area contributed by atoms with Gasteiger partial charge in [-0.2, -0.15) is 0 Å². The van der Waals surface area contributed by atoms with Crippen LogP contribution in [0.4, 0.5) is 4.79 Å². The van der Waals surface area contributed by atoms with Gasteiger partial charge in [0.05, 0.1) is 5.54 Å². The van der Waals surface area contributed by atoms with Crippen molar-refractivity contribution in [2.45, 2.75) is 50.3 Å². The minimum atomic E-state index is -0.429. The van der Waals surface area contributed by atoms with Crippen LogP contribution in [0.25, 0.3) is 0 Å². The van der Waals surface area contributed by atoms with E-state index >= 15 is 0 Å². The molecule has 0 aromatic carbocycles. The summed E-state index contributed by atoms with van der Waals surface area (Å²) in [5.74, 6) is 0. The predicted molar refractivity (Wildman–Crippen MR) is 48.3 cm³/mol. The largest absolute Gasteiger partial charge is 0.444 e. The second-order valence-electron chi connectivity index (χ2n) is 5.22. The van der Waals surface area contributed by atoms with Gasteiger partial charge in [0.25, 0.3) is 0 Å². The van der Waals surface area contributed by atoms with E-state index in [1.807, 2.05) is 20.8 Å². The average Bonchev–Trinajstić information content (AvgIpc) is 2.44. The van der Waals surface area contributed by atoms with Gasteiger partial charge in [-0.05, 0) is 33.6 Å². The van der Waals surface area contributed by atoms with Gasteiger partial charge in [0.15, 0.2) is 0 Å². The molecule has 4 heteroatoms. The van der Waals surface area contributed by atoms with Crippen LogP contribution in [0.5, 0.6) is 0 Å². The summed E-state index contributed by atoms with van der Waals surface area (Å²) in [6.07, 6.45) is 1.45. The molecule has 0 atom stereocenters. The Bertz CT molecular complexity index is 261. The minimum absolute atomic E-state index is 0.0933. The molecule has 2 fully saturated rings. The molecule has 74 valence electrons. The van der Waals surface area contributed by atoms with Gasteiger partial charge in [-0.1, -0.05) is 0 Å². The van der Waals surface area contributed by atoms with Gasteiger partial charge in [0.1, 0.15) is 5.60 Å². The van der Waals surface area contributed by atoms with E-state index in [1.165, 1.54) is 0 Å². The molecule has 0 aromatic rings. The summed E-state index contributed by atoms with van der Waals surface area (Å²) in [4.78, 5) is 11.3. The van der Waals surface area contributed by atoms with Crippen molar-refractivity contribution in [1.29, 1.82) is 0 Å². The molecule has 3 N–H and O–H groups in total. The Labute approximate surface area is 77.8 Å². The van der Waals surface area contributed by atoms with Crippen molar-refractivity contribution < 1.29 is 9.53 Å². The van der Waals surface area contributed by atoms with Crippen LogP contribution in [-0.2, 0) is 4.74 Å². The number of ether oxygens (including phenoxy) is 1. The second kappa shape index (κ2) is 2.00. The average molecular weight is 184 g/mol. The normalized spacial score (nSPS) is 40.6. The first-order valence-corrected chi connectivity index (χ1v) is 4.57. The number of rotatable bonds is 1. The number of fused-ring (bicyclic) bond motifs is 1. The van der Waals surface area contributed by atoms with Gasteiger partial charge >= 0.3 is 6.09 Å². The molecule has 0 bridgehead atoms. The van der Waals surface area contributed by atoms with Crippen LogP contribution in [0.3, 0.4) is 0 Å². The van der Waals surface area contributed by atoms with Gasteiger partial charge in [-0.25, -0.2) is 4.79 Å². The van der Waals surface area contributed by atoms with Crippen molar-refractivity contribution in [3.63, 3.8) is 0 Å². The standard InChI is InChI=1S/C9H16N2O2/c1-7(2,3)13-6(12)11-9-4-8(9,10)5-9/h4-5,10H2,1-3H3,(H,11,12). The number of hydrogen-bond donors (Lipinski definition) is 2. The van der Waals surface area contributed by atoms with E-state index < -0.39 is 5.60 Å². The number of alkyl carbamates (subject to hydrolysis) is 1. The van der Waals surface area contributed by atoms with Crippen LogP contribution in [0.2, 0.25) is 0 Å². The number of nitrogens with two attached hydrogens (primary N) is 1. The molecule has 2 saturated carbocycles. The maximum absolute atomic E-state index is 11.3. The molecule has 2 aliphatic carbocycles. The van der Waals surface area contributed by atoms with Crippen LogP contribution in [0.15, 0.2) is 0 Å². The molecule has 0 radical (unpaired) electrons. The van der Waals surface area contributed by atoms with Crippen molar-refractivity contribution in [3.05, 3.63) is 0 Å². The topological polar surface area (TPSA) is 64.3 Å². The summed E-state index contributed by atoms with van der Waals surface area (Å²) < 4.78 is 5.12. The summed E-state index contributed by atoms with van der Waals surface area (Å²) in [5.41, 5.74) is 5.19. The zero-order chi connectivity index (χ0) is 9.91. The number of amides is 1. The highest BCUT2D eigenvalue weighted by molar-refractivity contribution is 5.72. The number of carbonyl (C=O) groups excluding carboxylic acids is 1. The Morgan fingerprint density at radius 3 is 2.23 bits per heavy atom. The van der Waals surface area contributed by atoms with Gasteiger partial charge < -0.3 is 15.8 Å². The van der Waals surface area contributed by atoms with Crippen molar-refractivity contribution in [1.82, 2.24) is 5.32 Å². The Hall–Kier alpha value is -0.770. The van der Waals surface area contributed by atoms with Crippen molar-refractivity contribution in [2.24, 2.45) is 5.73 Å². The highest BCUT2D eigenvalue weighted by Gasteiger charge is 2.82. The second-order valence-corrected chi connectivity index (χ2v) is 5.22.